The zero-order valence-electron chi connectivity index (χ0n) is 14.2. The monoisotopic (exact) mass is 330 g/mol. The summed E-state index contributed by atoms with van der Waals surface area (Å²) in [4.78, 5) is 18.9. The molecule has 0 spiro atoms. The van der Waals surface area contributed by atoms with E-state index < -0.39 is 0 Å². The second-order valence-electron chi connectivity index (χ2n) is 6.19. The fraction of sp³-hybridized carbons (Fsp3) is 0.471. The third-order valence-electron chi connectivity index (χ3n) is 3.89. The Morgan fingerprint density at radius 1 is 1.33 bits per heavy atom. The lowest BCUT2D eigenvalue weighted by atomic mass is 10.1. The summed E-state index contributed by atoms with van der Waals surface area (Å²) >= 11 is 0. The van der Waals surface area contributed by atoms with Crippen LogP contribution in [0.5, 0.6) is 5.75 Å². The molecule has 0 radical (unpaired) electrons. The number of aromatic nitrogens is 2. The van der Waals surface area contributed by atoms with Crippen molar-refractivity contribution in [3.05, 3.63) is 41.5 Å². The van der Waals surface area contributed by atoms with Crippen LogP contribution in [0.3, 0.4) is 0 Å². The second-order valence-corrected chi connectivity index (χ2v) is 6.19. The van der Waals surface area contributed by atoms with Gasteiger partial charge in [0.25, 0.3) is 5.91 Å². The summed E-state index contributed by atoms with van der Waals surface area (Å²) in [5.74, 6) is 1.46. The van der Waals surface area contributed by atoms with Gasteiger partial charge in [-0.1, -0.05) is 17.3 Å². The van der Waals surface area contributed by atoms with Gasteiger partial charge in [0, 0.05) is 32.1 Å². The number of hydrogen-bond donors (Lipinski definition) is 1. The molecule has 7 nitrogen and oxygen atoms in total. The second kappa shape index (κ2) is 7.00. The maximum atomic E-state index is 12.9. The van der Waals surface area contributed by atoms with Crippen LogP contribution < -0.4 is 10.1 Å². The van der Waals surface area contributed by atoms with Gasteiger partial charge >= 0.3 is 0 Å². The standard InChI is InChI=1S/C17H22N4O3/c1-11-8-21(9-12(2)18-11)17(22)14-6-4-5-7-15(14)23-10-16-19-13(3)24-20-16/h4-7,11-12,18H,8-10H2,1-3H3. The summed E-state index contributed by atoms with van der Waals surface area (Å²) in [7, 11) is 0. The number of aryl methyl sites for hydroxylation is 1. The quantitative estimate of drug-likeness (QED) is 0.920. The lowest BCUT2D eigenvalue weighted by molar-refractivity contribution is 0.0669. The number of benzene rings is 1. The zero-order valence-corrected chi connectivity index (χ0v) is 14.2. The minimum absolute atomic E-state index is 0.0184. The van der Waals surface area contributed by atoms with Gasteiger partial charge in [0.1, 0.15) is 5.75 Å². The average molecular weight is 330 g/mol. The fourth-order valence-corrected chi connectivity index (χ4v) is 2.97. The number of para-hydroxylation sites is 1. The lowest BCUT2D eigenvalue weighted by Gasteiger charge is -2.36. The van der Waals surface area contributed by atoms with Crippen LogP contribution >= 0.6 is 0 Å². The lowest BCUT2D eigenvalue weighted by Crippen LogP contribution is -2.55. The van der Waals surface area contributed by atoms with Gasteiger partial charge in [0.05, 0.1) is 5.56 Å². The number of nitrogens with zero attached hydrogens (tertiary/aromatic N) is 3. The van der Waals surface area contributed by atoms with Gasteiger partial charge in [0.2, 0.25) is 11.7 Å². The summed E-state index contributed by atoms with van der Waals surface area (Å²) in [6.07, 6.45) is 0. The Hall–Kier alpha value is -2.41. The highest BCUT2D eigenvalue weighted by atomic mass is 16.5. The minimum atomic E-state index is -0.0184. The van der Waals surface area contributed by atoms with E-state index in [1.54, 1.807) is 19.1 Å². The van der Waals surface area contributed by atoms with E-state index in [1.165, 1.54) is 0 Å². The number of carbonyl (C=O) groups excluding carboxylic acids is 1. The molecule has 1 amide bonds. The van der Waals surface area contributed by atoms with Gasteiger partial charge in [-0.15, -0.1) is 0 Å². The van der Waals surface area contributed by atoms with Crippen molar-refractivity contribution in [2.75, 3.05) is 13.1 Å². The first-order valence-electron chi connectivity index (χ1n) is 8.09. The molecule has 1 aromatic heterocycles. The fourth-order valence-electron chi connectivity index (χ4n) is 2.97. The molecule has 1 N–H and O–H groups in total. The molecule has 2 unspecified atom stereocenters. The van der Waals surface area contributed by atoms with Gasteiger partial charge in [-0.05, 0) is 26.0 Å². The highest BCUT2D eigenvalue weighted by Crippen LogP contribution is 2.22. The van der Waals surface area contributed by atoms with Crippen LogP contribution in [0.4, 0.5) is 0 Å². The topological polar surface area (TPSA) is 80.5 Å². The number of ether oxygens (including phenoxy) is 1. The van der Waals surface area contributed by atoms with Crippen molar-refractivity contribution >= 4 is 5.91 Å². The van der Waals surface area contributed by atoms with E-state index in [0.717, 1.165) is 0 Å². The first-order chi connectivity index (χ1) is 11.5. The SMILES string of the molecule is Cc1nc(COc2ccccc2C(=O)N2CC(C)NC(C)C2)no1. The Morgan fingerprint density at radius 2 is 2.04 bits per heavy atom. The molecule has 0 aliphatic carbocycles. The summed E-state index contributed by atoms with van der Waals surface area (Å²) in [5, 5.41) is 7.23. The van der Waals surface area contributed by atoms with Crippen molar-refractivity contribution in [1.29, 1.82) is 0 Å². The average Bonchev–Trinajstić information content (AvgIpc) is 2.97. The summed E-state index contributed by atoms with van der Waals surface area (Å²) in [6, 6.07) is 7.80. The predicted molar refractivity (Wildman–Crippen MR) is 87.8 cm³/mol. The third-order valence-corrected chi connectivity index (χ3v) is 3.89. The molecule has 1 aromatic carbocycles. The van der Waals surface area contributed by atoms with E-state index in [2.05, 4.69) is 29.3 Å². The van der Waals surface area contributed by atoms with Gasteiger partial charge in [-0.25, -0.2) is 0 Å². The largest absolute Gasteiger partial charge is 0.485 e. The molecule has 2 aromatic rings. The number of piperazine rings is 1. The molecular weight excluding hydrogens is 308 g/mol. The molecule has 1 aliphatic rings. The summed E-state index contributed by atoms with van der Waals surface area (Å²) in [6.45, 7) is 7.41. The summed E-state index contributed by atoms with van der Waals surface area (Å²) < 4.78 is 10.7. The van der Waals surface area contributed by atoms with Crippen LogP contribution in [0.1, 0.15) is 35.9 Å². The number of nitrogens with one attached hydrogen (secondary N) is 1. The molecule has 7 heteroatoms. The van der Waals surface area contributed by atoms with E-state index in [9.17, 15) is 4.79 Å². The number of hydrogen-bond acceptors (Lipinski definition) is 6. The van der Waals surface area contributed by atoms with Crippen LogP contribution in [0.2, 0.25) is 0 Å². The van der Waals surface area contributed by atoms with E-state index in [0.29, 0.717) is 36.1 Å². The van der Waals surface area contributed by atoms with Crippen molar-refractivity contribution in [1.82, 2.24) is 20.4 Å². The Morgan fingerprint density at radius 3 is 2.71 bits per heavy atom. The van der Waals surface area contributed by atoms with Crippen LogP contribution in [-0.4, -0.2) is 46.1 Å². The molecule has 0 saturated carbocycles. The normalized spacial score (nSPS) is 20.9. The Balaban J connectivity index is 1.74. The maximum Gasteiger partial charge on any atom is 0.257 e. The first kappa shape index (κ1) is 16.4. The molecule has 1 fully saturated rings. The molecule has 0 bridgehead atoms. The minimum Gasteiger partial charge on any atom is -0.485 e. The highest BCUT2D eigenvalue weighted by molar-refractivity contribution is 5.97. The molecule has 24 heavy (non-hydrogen) atoms. The smallest absolute Gasteiger partial charge is 0.257 e. The van der Waals surface area contributed by atoms with Crippen LogP contribution in [0, 0.1) is 6.92 Å². The van der Waals surface area contributed by atoms with Gasteiger partial charge < -0.3 is 19.5 Å². The third kappa shape index (κ3) is 3.73. The van der Waals surface area contributed by atoms with Crippen molar-refractivity contribution in [3.8, 4) is 5.75 Å². The van der Waals surface area contributed by atoms with E-state index in [-0.39, 0.29) is 24.6 Å². The van der Waals surface area contributed by atoms with Gasteiger partial charge in [0.15, 0.2) is 6.61 Å². The molecule has 128 valence electrons. The molecule has 3 rings (SSSR count). The molecule has 2 atom stereocenters. The molecule has 1 aliphatic heterocycles. The van der Waals surface area contributed by atoms with E-state index >= 15 is 0 Å². The van der Waals surface area contributed by atoms with Crippen molar-refractivity contribution in [3.63, 3.8) is 0 Å². The highest BCUT2D eigenvalue weighted by Gasteiger charge is 2.27. The Kier molecular flexibility index (Phi) is 4.80. The van der Waals surface area contributed by atoms with Crippen molar-refractivity contribution in [2.45, 2.75) is 39.5 Å². The van der Waals surface area contributed by atoms with Crippen LogP contribution in [-0.2, 0) is 6.61 Å². The molecular formula is C17H22N4O3. The predicted octanol–water partition coefficient (Wildman–Crippen LogP) is 1.78. The zero-order chi connectivity index (χ0) is 17.1. The Bertz CT molecular complexity index is 705. The Labute approximate surface area is 141 Å². The van der Waals surface area contributed by atoms with Crippen LogP contribution in [0.25, 0.3) is 0 Å². The van der Waals surface area contributed by atoms with Crippen LogP contribution in [0.15, 0.2) is 28.8 Å². The van der Waals surface area contributed by atoms with Crippen molar-refractivity contribution < 1.29 is 14.1 Å². The van der Waals surface area contributed by atoms with Crippen molar-refractivity contribution in [2.24, 2.45) is 0 Å². The first-order valence-corrected chi connectivity index (χ1v) is 8.09. The van der Waals surface area contributed by atoms with Gasteiger partial charge in [-0.2, -0.15) is 4.98 Å². The number of rotatable bonds is 4. The molecule has 1 saturated heterocycles. The number of carbonyl (C=O) groups is 1. The number of amides is 1. The van der Waals surface area contributed by atoms with Gasteiger partial charge in [-0.3, -0.25) is 4.79 Å². The molecule has 2 heterocycles. The summed E-state index contributed by atoms with van der Waals surface area (Å²) in [5.41, 5.74) is 0.555. The van der Waals surface area contributed by atoms with E-state index in [4.69, 9.17) is 9.26 Å². The van der Waals surface area contributed by atoms with E-state index in [1.807, 2.05) is 17.0 Å². The maximum absolute atomic E-state index is 12.9.